The average molecular weight is 250 g/mol. The van der Waals surface area contributed by atoms with E-state index in [1.807, 2.05) is 38.1 Å². The Morgan fingerprint density at radius 3 is 2.67 bits per heavy atom. The van der Waals surface area contributed by atoms with Crippen LogP contribution < -0.4 is 11.1 Å². The molecule has 1 aromatic rings. The van der Waals surface area contributed by atoms with Gasteiger partial charge in [0.25, 0.3) is 0 Å². The molecule has 4 nitrogen and oxygen atoms in total. The zero-order valence-electron chi connectivity index (χ0n) is 11.3. The van der Waals surface area contributed by atoms with Crippen molar-refractivity contribution < 1.29 is 9.53 Å². The third-order valence-corrected chi connectivity index (χ3v) is 2.71. The number of hydrogen-bond donors (Lipinski definition) is 2. The minimum atomic E-state index is -0.0992. The van der Waals surface area contributed by atoms with E-state index in [2.05, 4.69) is 5.32 Å². The second-order valence-electron chi connectivity index (χ2n) is 4.69. The molecule has 18 heavy (non-hydrogen) atoms. The smallest absolute Gasteiger partial charge is 0.224 e. The maximum absolute atomic E-state index is 11.9. The Bertz CT molecular complexity index is 391. The van der Waals surface area contributed by atoms with Gasteiger partial charge in [0.15, 0.2) is 0 Å². The Kier molecular flexibility index (Phi) is 5.82. The first-order valence-corrected chi connectivity index (χ1v) is 6.18. The van der Waals surface area contributed by atoms with Gasteiger partial charge >= 0.3 is 0 Å². The van der Waals surface area contributed by atoms with Crippen molar-refractivity contribution in [3.05, 3.63) is 29.8 Å². The van der Waals surface area contributed by atoms with E-state index in [0.717, 1.165) is 11.3 Å². The number of carbonyl (C=O) groups excluding carboxylic acids is 1. The predicted molar refractivity (Wildman–Crippen MR) is 73.3 cm³/mol. The Labute approximate surface area is 109 Å². The van der Waals surface area contributed by atoms with Crippen LogP contribution in [0.2, 0.25) is 0 Å². The summed E-state index contributed by atoms with van der Waals surface area (Å²) in [4.78, 5) is 11.9. The fourth-order valence-corrected chi connectivity index (χ4v) is 1.87. The summed E-state index contributed by atoms with van der Waals surface area (Å²) in [7, 11) is 1.64. The van der Waals surface area contributed by atoms with Gasteiger partial charge < -0.3 is 15.8 Å². The quantitative estimate of drug-likeness (QED) is 0.814. The molecule has 0 heterocycles. The van der Waals surface area contributed by atoms with Gasteiger partial charge in [0, 0.05) is 31.9 Å². The normalized spacial score (nSPS) is 14.0. The van der Waals surface area contributed by atoms with E-state index in [0.29, 0.717) is 13.0 Å². The van der Waals surface area contributed by atoms with E-state index < -0.39 is 0 Å². The van der Waals surface area contributed by atoms with Crippen LogP contribution in [-0.2, 0) is 9.53 Å². The Morgan fingerprint density at radius 1 is 1.39 bits per heavy atom. The average Bonchev–Trinajstić information content (AvgIpc) is 2.29. The highest BCUT2D eigenvalue weighted by atomic mass is 16.5. The van der Waals surface area contributed by atoms with Crippen LogP contribution in [0.25, 0.3) is 0 Å². The summed E-state index contributed by atoms with van der Waals surface area (Å²) in [5.41, 5.74) is 7.61. The number of ether oxygens (including phenoxy) is 1. The van der Waals surface area contributed by atoms with Crippen LogP contribution in [0.15, 0.2) is 24.3 Å². The summed E-state index contributed by atoms with van der Waals surface area (Å²) in [6, 6.07) is 7.51. The molecule has 1 amide bonds. The van der Waals surface area contributed by atoms with Crippen LogP contribution in [0.4, 0.5) is 5.69 Å². The van der Waals surface area contributed by atoms with Gasteiger partial charge in [0.1, 0.15) is 0 Å². The number of carbonyl (C=O) groups is 1. The number of hydrogen-bond acceptors (Lipinski definition) is 3. The lowest BCUT2D eigenvalue weighted by Gasteiger charge is -2.15. The third-order valence-electron chi connectivity index (χ3n) is 2.71. The third kappa shape index (κ3) is 4.47. The summed E-state index contributed by atoms with van der Waals surface area (Å²) in [6.45, 7) is 4.47. The molecule has 0 saturated carbocycles. The summed E-state index contributed by atoms with van der Waals surface area (Å²) < 4.78 is 5.02. The zero-order valence-corrected chi connectivity index (χ0v) is 11.3. The Morgan fingerprint density at radius 2 is 2.06 bits per heavy atom. The SMILES string of the molecule is COCC(C)CC(=O)Nc1ccccc1C(C)N. The van der Waals surface area contributed by atoms with Gasteiger partial charge in [-0.3, -0.25) is 4.79 Å². The molecule has 1 rings (SSSR count). The van der Waals surface area contributed by atoms with Crippen molar-refractivity contribution in [3.63, 3.8) is 0 Å². The van der Waals surface area contributed by atoms with Gasteiger partial charge in [-0.1, -0.05) is 25.1 Å². The van der Waals surface area contributed by atoms with Crippen molar-refractivity contribution in [1.29, 1.82) is 0 Å². The van der Waals surface area contributed by atoms with E-state index in [9.17, 15) is 4.79 Å². The highest BCUT2D eigenvalue weighted by Gasteiger charge is 2.12. The zero-order chi connectivity index (χ0) is 13.5. The summed E-state index contributed by atoms with van der Waals surface area (Å²) in [5.74, 6) is 0.199. The topological polar surface area (TPSA) is 64.3 Å². The number of nitrogens with two attached hydrogens (primary N) is 1. The molecule has 0 bridgehead atoms. The largest absolute Gasteiger partial charge is 0.384 e. The van der Waals surface area contributed by atoms with Gasteiger partial charge in [0.05, 0.1) is 0 Å². The maximum atomic E-state index is 11.9. The minimum Gasteiger partial charge on any atom is -0.384 e. The molecule has 100 valence electrons. The van der Waals surface area contributed by atoms with E-state index in [1.165, 1.54) is 0 Å². The van der Waals surface area contributed by atoms with Gasteiger partial charge in [-0.15, -0.1) is 0 Å². The van der Waals surface area contributed by atoms with Crippen LogP contribution in [0.3, 0.4) is 0 Å². The summed E-state index contributed by atoms with van der Waals surface area (Å²) in [6.07, 6.45) is 0.446. The fourth-order valence-electron chi connectivity index (χ4n) is 1.87. The van der Waals surface area contributed by atoms with Crippen molar-refractivity contribution in [2.75, 3.05) is 19.0 Å². The standard InChI is InChI=1S/C14H22N2O2/c1-10(9-18-3)8-14(17)16-13-7-5-4-6-12(13)11(2)15/h4-7,10-11H,8-9,15H2,1-3H3,(H,16,17). The summed E-state index contributed by atoms with van der Waals surface area (Å²) >= 11 is 0. The van der Waals surface area contributed by atoms with Crippen LogP contribution in [0.5, 0.6) is 0 Å². The highest BCUT2D eigenvalue weighted by molar-refractivity contribution is 5.91. The van der Waals surface area contributed by atoms with Crippen molar-refractivity contribution in [2.24, 2.45) is 11.7 Å². The van der Waals surface area contributed by atoms with E-state index in [1.54, 1.807) is 7.11 Å². The second-order valence-corrected chi connectivity index (χ2v) is 4.69. The lowest BCUT2D eigenvalue weighted by Crippen LogP contribution is -2.19. The molecule has 0 spiro atoms. The molecule has 0 fully saturated rings. The molecular formula is C14H22N2O2. The molecular weight excluding hydrogens is 228 g/mol. The van der Waals surface area contributed by atoms with Gasteiger partial charge in [-0.2, -0.15) is 0 Å². The van der Waals surface area contributed by atoms with Crippen LogP contribution >= 0.6 is 0 Å². The van der Waals surface area contributed by atoms with Crippen LogP contribution in [0.1, 0.15) is 31.9 Å². The molecule has 2 unspecified atom stereocenters. The molecule has 1 aromatic carbocycles. The Hall–Kier alpha value is -1.39. The molecule has 0 aliphatic rings. The Balaban J connectivity index is 2.64. The lowest BCUT2D eigenvalue weighted by molar-refractivity contribution is -0.117. The number of rotatable bonds is 6. The highest BCUT2D eigenvalue weighted by Crippen LogP contribution is 2.21. The molecule has 4 heteroatoms. The number of anilines is 1. The number of methoxy groups -OCH3 is 1. The minimum absolute atomic E-state index is 0.00681. The lowest BCUT2D eigenvalue weighted by atomic mass is 10.1. The molecule has 2 atom stereocenters. The van der Waals surface area contributed by atoms with Crippen molar-refractivity contribution in [2.45, 2.75) is 26.3 Å². The van der Waals surface area contributed by atoms with Crippen LogP contribution in [-0.4, -0.2) is 19.6 Å². The van der Waals surface area contributed by atoms with E-state index in [4.69, 9.17) is 10.5 Å². The van der Waals surface area contributed by atoms with Crippen molar-refractivity contribution >= 4 is 11.6 Å². The number of benzene rings is 1. The van der Waals surface area contributed by atoms with Gasteiger partial charge in [-0.25, -0.2) is 0 Å². The first kappa shape index (κ1) is 14.7. The monoisotopic (exact) mass is 250 g/mol. The maximum Gasteiger partial charge on any atom is 0.224 e. The number of nitrogens with one attached hydrogen (secondary N) is 1. The number of amides is 1. The second kappa shape index (κ2) is 7.13. The van der Waals surface area contributed by atoms with E-state index in [-0.39, 0.29) is 17.9 Å². The van der Waals surface area contributed by atoms with Gasteiger partial charge in [0.2, 0.25) is 5.91 Å². The molecule has 0 aliphatic heterocycles. The van der Waals surface area contributed by atoms with Crippen molar-refractivity contribution in [1.82, 2.24) is 0 Å². The van der Waals surface area contributed by atoms with E-state index >= 15 is 0 Å². The van der Waals surface area contributed by atoms with Gasteiger partial charge in [-0.05, 0) is 24.5 Å². The fraction of sp³-hybridized carbons (Fsp3) is 0.500. The first-order valence-electron chi connectivity index (χ1n) is 6.18. The molecule has 0 radical (unpaired) electrons. The molecule has 0 aromatic heterocycles. The number of para-hydroxylation sites is 1. The van der Waals surface area contributed by atoms with Crippen LogP contribution in [0, 0.1) is 5.92 Å². The first-order chi connectivity index (χ1) is 8.54. The predicted octanol–water partition coefficient (Wildman–Crippen LogP) is 2.32. The molecule has 3 N–H and O–H groups in total. The van der Waals surface area contributed by atoms with Crippen molar-refractivity contribution in [3.8, 4) is 0 Å². The summed E-state index contributed by atoms with van der Waals surface area (Å²) in [5, 5.41) is 2.91. The molecule has 0 aliphatic carbocycles. The molecule has 0 saturated heterocycles.